The van der Waals surface area contributed by atoms with E-state index in [0.717, 1.165) is 61.5 Å². The zero-order chi connectivity index (χ0) is 17.7. The largest absolute Gasteiger partial charge is 0.361 e. The SMILES string of the molecule is CN1C=CN(c2ccc3c(C(=O)N4CCN5CCC4CC5)nsc3c2)C1. The standard InChI is InChI=1S/C19H23N5OS/c1-21-8-10-23(13-21)15-2-3-16-17(12-15)26-20-18(16)19(25)24-11-9-22-6-4-14(24)5-7-22/h2-3,8,10,12,14H,4-7,9,11,13H2,1H3. The minimum Gasteiger partial charge on any atom is -0.361 e. The van der Waals surface area contributed by atoms with Gasteiger partial charge in [0.15, 0.2) is 0 Å². The Hall–Kier alpha value is -2.12. The second-order valence-corrected chi connectivity index (χ2v) is 8.25. The molecule has 6 rings (SSSR count). The number of anilines is 1. The fourth-order valence-corrected chi connectivity index (χ4v) is 5.05. The van der Waals surface area contributed by atoms with Gasteiger partial charge in [0.05, 0.1) is 11.4 Å². The molecule has 5 heterocycles. The van der Waals surface area contributed by atoms with E-state index in [0.29, 0.717) is 11.7 Å². The van der Waals surface area contributed by atoms with Crippen molar-refractivity contribution in [2.45, 2.75) is 18.9 Å². The predicted molar refractivity (Wildman–Crippen MR) is 104 cm³/mol. The number of rotatable bonds is 2. The molecule has 0 aliphatic carbocycles. The van der Waals surface area contributed by atoms with E-state index in [1.807, 2.05) is 0 Å². The molecule has 0 radical (unpaired) electrons. The summed E-state index contributed by atoms with van der Waals surface area (Å²) in [7, 11) is 2.06. The Labute approximate surface area is 157 Å². The third-order valence-corrected chi connectivity index (χ3v) is 6.59. The number of nitrogens with zero attached hydrogens (tertiary/aromatic N) is 5. The van der Waals surface area contributed by atoms with Crippen molar-refractivity contribution in [1.29, 1.82) is 0 Å². The van der Waals surface area contributed by atoms with Gasteiger partial charge in [0.1, 0.15) is 5.69 Å². The van der Waals surface area contributed by atoms with E-state index < -0.39 is 0 Å². The van der Waals surface area contributed by atoms with Gasteiger partial charge in [-0.1, -0.05) is 0 Å². The maximum absolute atomic E-state index is 13.2. The summed E-state index contributed by atoms with van der Waals surface area (Å²) in [6.07, 6.45) is 6.33. The molecule has 0 unspecified atom stereocenters. The van der Waals surface area contributed by atoms with Crippen LogP contribution in [0.1, 0.15) is 23.3 Å². The van der Waals surface area contributed by atoms with Crippen molar-refractivity contribution in [1.82, 2.24) is 19.1 Å². The fraction of sp³-hybridized carbons (Fsp3) is 0.474. The summed E-state index contributed by atoms with van der Waals surface area (Å²) in [6, 6.07) is 6.68. The molecule has 0 atom stereocenters. The average molecular weight is 369 g/mol. The van der Waals surface area contributed by atoms with Crippen LogP contribution < -0.4 is 4.90 Å². The first-order chi connectivity index (χ1) is 12.7. The van der Waals surface area contributed by atoms with E-state index in [1.165, 1.54) is 11.5 Å². The normalized spacial score (nSPS) is 25.3. The van der Waals surface area contributed by atoms with Gasteiger partial charge in [-0.2, -0.15) is 4.37 Å². The monoisotopic (exact) mass is 369 g/mol. The van der Waals surface area contributed by atoms with Crippen LogP contribution in [0.3, 0.4) is 0 Å². The van der Waals surface area contributed by atoms with Crippen LogP contribution in [0.5, 0.6) is 0 Å². The van der Waals surface area contributed by atoms with Crippen LogP contribution in [0, 0.1) is 0 Å². The maximum atomic E-state index is 13.2. The number of carbonyl (C=O) groups excluding carboxylic acids is 1. The van der Waals surface area contributed by atoms with E-state index in [2.05, 4.69) is 61.6 Å². The van der Waals surface area contributed by atoms with Gasteiger partial charge in [-0.25, -0.2) is 0 Å². The highest BCUT2D eigenvalue weighted by atomic mass is 32.1. The van der Waals surface area contributed by atoms with Crippen molar-refractivity contribution in [3.63, 3.8) is 0 Å². The summed E-state index contributed by atoms with van der Waals surface area (Å²) in [5.74, 6) is 0.110. The molecule has 6 nitrogen and oxygen atoms in total. The van der Waals surface area contributed by atoms with Gasteiger partial charge in [-0.05, 0) is 42.6 Å². The summed E-state index contributed by atoms with van der Waals surface area (Å²) in [4.78, 5) is 22.1. The number of carbonyl (C=O) groups is 1. The van der Waals surface area contributed by atoms with Gasteiger partial charge in [0.2, 0.25) is 0 Å². The lowest BCUT2D eigenvalue weighted by atomic mass is 10.0. The van der Waals surface area contributed by atoms with Gasteiger partial charge >= 0.3 is 0 Å². The van der Waals surface area contributed by atoms with Gasteiger partial charge in [-0.15, -0.1) is 0 Å². The molecule has 0 N–H and O–H groups in total. The minimum absolute atomic E-state index is 0.110. The molecular weight excluding hydrogens is 346 g/mol. The van der Waals surface area contributed by atoms with Crippen molar-refractivity contribution < 1.29 is 4.79 Å². The van der Waals surface area contributed by atoms with E-state index in [4.69, 9.17) is 0 Å². The summed E-state index contributed by atoms with van der Waals surface area (Å²) < 4.78 is 5.64. The molecule has 2 bridgehead atoms. The molecule has 4 aliphatic heterocycles. The topological polar surface area (TPSA) is 42.9 Å². The van der Waals surface area contributed by atoms with Crippen molar-refractivity contribution in [3.8, 4) is 0 Å². The van der Waals surface area contributed by atoms with Crippen LogP contribution in [-0.2, 0) is 0 Å². The second-order valence-electron chi connectivity index (χ2n) is 7.45. The average Bonchev–Trinajstić information content (AvgIpc) is 3.16. The minimum atomic E-state index is 0.110. The first kappa shape index (κ1) is 16.1. The van der Waals surface area contributed by atoms with Gasteiger partial charge in [0.25, 0.3) is 5.91 Å². The van der Waals surface area contributed by atoms with Crippen LogP contribution in [-0.4, -0.2) is 70.9 Å². The third-order valence-electron chi connectivity index (χ3n) is 5.78. The zero-order valence-electron chi connectivity index (χ0n) is 15.0. The van der Waals surface area contributed by atoms with Crippen molar-refractivity contribution in [2.24, 2.45) is 0 Å². The van der Waals surface area contributed by atoms with Gasteiger partial charge < -0.3 is 19.6 Å². The summed E-state index contributed by atoms with van der Waals surface area (Å²) in [5.41, 5.74) is 1.77. The highest BCUT2D eigenvalue weighted by Gasteiger charge is 2.33. The Morgan fingerprint density at radius 3 is 2.77 bits per heavy atom. The number of amides is 1. The Morgan fingerprint density at radius 1 is 1.15 bits per heavy atom. The fourth-order valence-electron chi connectivity index (χ4n) is 4.25. The summed E-state index contributed by atoms with van der Waals surface area (Å²) in [6.45, 7) is 4.90. The Bertz CT molecular complexity index is 870. The summed E-state index contributed by atoms with van der Waals surface area (Å²) in [5, 5.41) is 0.986. The smallest absolute Gasteiger partial charge is 0.274 e. The lowest BCUT2D eigenvalue weighted by Gasteiger charge is -2.31. The van der Waals surface area contributed by atoms with Gasteiger partial charge in [0, 0.05) is 62.7 Å². The molecule has 136 valence electrons. The number of aromatic nitrogens is 1. The van der Waals surface area contributed by atoms with Crippen molar-refractivity contribution >= 4 is 33.2 Å². The Kier molecular flexibility index (Phi) is 3.86. The van der Waals surface area contributed by atoms with Crippen molar-refractivity contribution in [2.75, 3.05) is 44.8 Å². The number of hydrogen-bond acceptors (Lipinski definition) is 6. The molecule has 0 spiro atoms. The highest BCUT2D eigenvalue weighted by Crippen LogP contribution is 2.31. The van der Waals surface area contributed by atoms with E-state index in [9.17, 15) is 4.79 Å². The number of benzene rings is 1. The van der Waals surface area contributed by atoms with Crippen molar-refractivity contribution in [3.05, 3.63) is 36.3 Å². The van der Waals surface area contributed by atoms with E-state index in [-0.39, 0.29) is 5.91 Å². The quantitative estimate of drug-likeness (QED) is 0.813. The lowest BCUT2D eigenvalue weighted by Crippen LogP contribution is -2.41. The van der Waals surface area contributed by atoms with E-state index >= 15 is 0 Å². The Balaban J connectivity index is 1.44. The predicted octanol–water partition coefficient (Wildman–Crippen LogP) is 2.40. The molecule has 3 fully saturated rings. The van der Waals surface area contributed by atoms with Crippen LogP contribution in [0.2, 0.25) is 0 Å². The molecule has 1 aromatic carbocycles. The molecule has 1 amide bonds. The number of fused-ring (bicyclic) bond motifs is 5. The van der Waals surface area contributed by atoms with E-state index in [1.54, 1.807) is 0 Å². The maximum Gasteiger partial charge on any atom is 0.274 e. The zero-order valence-corrected chi connectivity index (χ0v) is 15.8. The lowest BCUT2D eigenvalue weighted by molar-refractivity contribution is 0.0682. The van der Waals surface area contributed by atoms with Crippen LogP contribution in [0.4, 0.5) is 5.69 Å². The van der Waals surface area contributed by atoms with Crippen LogP contribution >= 0.6 is 11.5 Å². The molecule has 4 aliphatic rings. The highest BCUT2D eigenvalue weighted by molar-refractivity contribution is 7.13. The third kappa shape index (κ3) is 2.66. The van der Waals surface area contributed by atoms with Crippen LogP contribution in [0.15, 0.2) is 30.6 Å². The number of piperidine rings is 1. The number of hydrogen-bond donors (Lipinski definition) is 0. The molecule has 1 aromatic heterocycles. The van der Waals surface area contributed by atoms with Gasteiger partial charge in [-0.3, -0.25) is 4.79 Å². The molecule has 2 aromatic rings. The van der Waals surface area contributed by atoms with Crippen LogP contribution in [0.25, 0.3) is 10.1 Å². The summed E-state index contributed by atoms with van der Waals surface area (Å²) >= 11 is 1.43. The molecule has 7 heteroatoms. The molecule has 26 heavy (non-hydrogen) atoms. The molecule has 0 saturated carbocycles. The first-order valence-corrected chi connectivity index (χ1v) is 10.0. The first-order valence-electron chi connectivity index (χ1n) is 9.27. The second kappa shape index (κ2) is 6.25. The Morgan fingerprint density at radius 2 is 2.00 bits per heavy atom. The molecule has 3 saturated heterocycles. The molecular formula is C19H23N5OS.